The quantitative estimate of drug-likeness (QED) is 0.762. The Labute approximate surface area is 144 Å². The van der Waals surface area contributed by atoms with Crippen LogP contribution in [-0.4, -0.2) is 21.7 Å². The lowest BCUT2D eigenvalue weighted by atomic mass is 10.2. The SMILES string of the molecule is CSCc1nc2ccccc2n1CC(=O)Nc1ccc(F)cc1C. The molecule has 0 bridgehead atoms. The number of imidazole rings is 1. The third-order valence-corrected chi connectivity index (χ3v) is 4.32. The lowest BCUT2D eigenvalue weighted by Gasteiger charge is -2.11. The number of aryl methyl sites for hydroxylation is 1. The highest BCUT2D eigenvalue weighted by atomic mass is 32.2. The van der Waals surface area contributed by atoms with E-state index in [4.69, 9.17) is 0 Å². The average Bonchev–Trinajstić information content (AvgIpc) is 2.88. The number of benzene rings is 2. The minimum absolute atomic E-state index is 0.157. The lowest BCUT2D eigenvalue weighted by Crippen LogP contribution is -2.20. The number of nitrogens with zero attached hydrogens (tertiary/aromatic N) is 2. The summed E-state index contributed by atoms with van der Waals surface area (Å²) in [6.07, 6.45) is 2.01. The highest BCUT2D eigenvalue weighted by molar-refractivity contribution is 7.97. The van der Waals surface area contributed by atoms with Crippen LogP contribution >= 0.6 is 11.8 Å². The van der Waals surface area contributed by atoms with E-state index in [-0.39, 0.29) is 18.3 Å². The summed E-state index contributed by atoms with van der Waals surface area (Å²) in [5.74, 6) is 1.13. The van der Waals surface area contributed by atoms with Gasteiger partial charge in [-0.1, -0.05) is 12.1 Å². The maximum atomic E-state index is 13.2. The summed E-state index contributed by atoms with van der Waals surface area (Å²) < 4.78 is 15.1. The van der Waals surface area contributed by atoms with Gasteiger partial charge in [-0.15, -0.1) is 0 Å². The number of halogens is 1. The molecule has 1 heterocycles. The molecule has 2 aromatic carbocycles. The largest absolute Gasteiger partial charge is 0.324 e. The molecule has 0 radical (unpaired) electrons. The lowest BCUT2D eigenvalue weighted by molar-refractivity contribution is -0.116. The van der Waals surface area contributed by atoms with Gasteiger partial charge in [0.25, 0.3) is 0 Å². The fourth-order valence-electron chi connectivity index (χ4n) is 2.64. The molecule has 3 rings (SSSR count). The summed E-state index contributed by atoms with van der Waals surface area (Å²) in [6.45, 7) is 1.94. The molecule has 0 aliphatic heterocycles. The number of para-hydroxylation sites is 2. The van der Waals surface area contributed by atoms with Crippen LogP contribution in [0.15, 0.2) is 42.5 Å². The van der Waals surface area contributed by atoms with Crippen LogP contribution < -0.4 is 5.32 Å². The van der Waals surface area contributed by atoms with Crippen molar-refractivity contribution >= 4 is 34.4 Å². The van der Waals surface area contributed by atoms with Crippen LogP contribution in [0.4, 0.5) is 10.1 Å². The van der Waals surface area contributed by atoms with Crippen molar-refractivity contribution in [3.8, 4) is 0 Å². The number of anilines is 1. The molecule has 0 unspecified atom stereocenters. The van der Waals surface area contributed by atoms with Gasteiger partial charge in [-0.25, -0.2) is 9.37 Å². The zero-order valence-corrected chi connectivity index (χ0v) is 14.4. The minimum atomic E-state index is -0.312. The first kappa shape index (κ1) is 16.5. The van der Waals surface area contributed by atoms with Gasteiger partial charge in [-0.05, 0) is 49.1 Å². The zero-order valence-electron chi connectivity index (χ0n) is 13.5. The Kier molecular flexibility index (Phi) is 4.85. The Morgan fingerprint density at radius 3 is 2.83 bits per heavy atom. The second kappa shape index (κ2) is 7.05. The van der Waals surface area contributed by atoms with Crippen LogP contribution in [0.25, 0.3) is 11.0 Å². The summed E-state index contributed by atoms with van der Waals surface area (Å²) in [5.41, 5.74) is 3.14. The highest BCUT2D eigenvalue weighted by Crippen LogP contribution is 2.20. The summed E-state index contributed by atoms with van der Waals surface area (Å²) in [7, 11) is 0. The Bertz CT molecular complexity index is 891. The summed E-state index contributed by atoms with van der Waals surface area (Å²) in [4.78, 5) is 17.1. The number of rotatable bonds is 5. The van der Waals surface area contributed by atoms with E-state index in [9.17, 15) is 9.18 Å². The molecule has 0 atom stereocenters. The van der Waals surface area contributed by atoms with E-state index in [1.165, 1.54) is 12.1 Å². The number of aromatic nitrogens is 2. The molecular formula is C18H18FN3OS. The van der Waals surface area contributed by atoms with Gasteiger partial charge in [-0.2, -0.15) is 11.8 Å². The van der Waals surface area contributed by atoms with E-state index in [1.54, 1.807) is 24.8 Å². The van der Waals surface area contributed by atoms with Gasteiger partial charge in [0, 0.05) is 5.69 Å². The Morgan fingerprint density at radius 1 is 1.29 bits per heavy atom. The first-order valence-electron chi connectivity index (χ1n) is 7.57. The maximum Gasteiger partial charge on any atom is 0.244 e. The van der Waals surface area contributed by atoms with Crippen molar-refractivity contribution in [3.63, 3.8) is 0 Å². The second-order valence-corrected chi connectivity index (χ2v) is 6.41. The molecule has 0 aliphatic rings. The third kappa shape index (κ3) is 3.43. The van der Waals surface area contributed by atoms with Gasteiger partial charge in [0.2, 0.25) is 5.91 Å². The molecule has 6 heteroatoms. The molecule has 24 heavy (non-hydrogen) atoms. The molecule has 0 aliphatic carbocycles. The van der Waals surface area contributed by atoms with E-state index < -0.39 is 0 Å². The number of carbonyl (C=O) groups is 1. The normalized spacial score (nSPS) is 11.0. The number of fused-ring (bicyclic) bond motifs is 1. The number of amides is 1. The smallest absolute Gasteiger partial charge is 0.244 e. The molecule has 1 aromatic heterocycles. The molecule has 0 saturated carbocycles. The van der Waals surface area contributed by atoms with Gasteiger partial charge in [0.1, 0.15) is 18.2 Å². The first-order valence-corrected chi connectivity index (χ1v) is 8.97. The number of carbonyl (C=O) groups excluding carboxylic acids is 1. The first-order chi connectivity index (χ1) is 11.6. The van der Waals surface area contributed by atoms with Gasteiger partial charge in [-0.3, -0.25) is 4.79 Å². The van der Waals surface area contributed by atoms with E-state index in [0.717, 1.165) is 22.6 Å². The van der Waals surface area contributed by atoms with Crippen molar-refractivity contribution in [3.05, 3.63) is 59.7 Å². The van der Waals surface area contributed by atoms with E-state index in [2.05, 4.69) is 10.3 Å². The van der Waals surface area contributed by atoms with Crippen molar-refractivity contribution in [1.82, 2.24) is 9.55 Å². The Balaban J connectivity index is 1.85. The standard InChI is InChI=1S/C18H18FN3OS/c1-12-9-13(19)7-8-14(12)21-18(23)10-22-16-6-4-3-5-15(16)20-17(22)11-24-2/h3-9H,10-11H2,1-2H3,(H,21,23). The summed E-state index contributed by atoms with van der Waals surface area (Å²) in [6, 6.07) is 12.1. The molecule has 0 saturated heterocycles. The zero-order chi connectivity index (χ0) is 17.1. The molecule has 124 valence electrons. The molecule has 1 N–H and O–H groups in total. The Morgan fingerprint density at radius 2 is 2.08 bits per heavy atom. The maximum absolute atomic E-state index is 13.2. The molecule has 0 fully saturated rings. The van der Waals surface area contributed by atoms with E-state index in [1.807, 2.05) is 35.1 Å². The predicted octanol–water partition coefficient (Wildman–Crippen LogP) is 3.99. The highest BCUT2D eigenvalue weighted by Gasteiger charge is 2.14. The van der Waals surface area contributed by atoms with Crippen molar-refractivity contribution in [2.24, 2.45) is 0 Å². The summed E-state index contributed by atoms with van der Waals surface area (Å²) >= 11 is 1.66. The van der Waals surface area contributed by atoms with Crippen LogP contribution in [-0.2, 0) is 17.1 Å². The average molecular weight is 343 g/mol. The Hall–Kier alpha value is -2.34. The van der Waals surface area contributed by atoms with Crippen LogP contribution in [0.1, 0.15) is 11.4 Å². The third-order valence-electron chi connectivity index (χ3n) is 3.77. The molecule has 4 nitrogen and oxygen atoms in total. The van der Waals surface area contributed by atoms with Crippen LogP contribution in [0.5, 0.6) is 0 Å². The molecule has 1 amide bonds. The van der Waals surface area contributed by atoms with Gasteiger partial charge >= 0.3 is 0 Å². The van der Waals surface area contributed by atoms with Crippen LogP contribution in [0.3, 0.4) is 0 Å². The topological polar surface area (TPSA) is 46.9 Å². The van der Waals surface area contributed by atoms with Gasteiger partial charge < -0.3 is 9.88 Å². The number of hydrogen-bond donors (Lipinski definition) is 1. The number of thioether (sulfide) groups is 1. The number of nitrogens with one attached hydrogen (secondary N) is 1. The number of hydrogen-bond acceptors (Lipinski definition) is 3. The molecular weight excluding hydrogens is 325 g/mol. The van der Waals surface area contributed by atoms with Crippen molar-refractivity contribution < 1.29 is 9.18 Å². The fraction of sp³-hybridized carbons (Fsp3) is 0.222. The molecule has 3 aromatic rings. The second-order valence-electron chi connectivity index (χ2n) is 5.54. The predicted molar refractivity (Wildman–Crippen MR) is 96.7 cm³/mol. The van der Waals surface area contributed by atoms with Crippen LogP contribution in [0.2, 0.25) is 0 Å². The van der Waals surface area contributed by atoms with E-state index in [0.29, 0.717) is 11.3 Å². The van der Waals surface area contributed by atoms with Gasteiger partial charge in [0.15, 0.2) is 0 Å². The monoisotopic (exact) mass is 343 g/mol. The van der Waals surface area contributed by atoms with E-state index >= 15 is 0 Å². The van der Waals surface area contributed by atoms with Crippen LogP contribution in [0, 0.1) is 12.7 Å². The molecule has 0 spiro atoms. The minimum Gasteiger partial charge on any atom is -0.324 e. The van der Waals surface area contributed by atoms with Gasteiger partial charge in [0.05, 0.1) is 16.8 Å². The van der Waals surface area contributed by atoms with Crippen molar-refractivity contribution in [1.29, 1.82) is 0 Å². The van der Waals surface area contributed by atoms with Crippen molar-refractivity contribution in [2.45, 2.75) is 19.2 Å². The summed E-state index contributed by atoms with van der Waals surface area (Å²) in [5, 5.41) is 2.85. The van der Waals surface area contributed by atoms with Crippen molar-refractivity contribution in [2.75, 3.05) is 11.6 Å². The fourth-order valence-corrected chi connectivity index (χ4v) is 3.12.